The number of halogens is 6. The first-order valence-electron chi connectivity index (χ1n) is 18.8. The molecule has 0 radical (unpaired) electrons. The van der Waals surface area contributed by atoms with Crippen molar-refractivity contribution in [3.05, 3.63) is 165 Å². The number of hydrogen-bond acceptors (Lipinski definition) is 7. The van der Waals surface area contributed by atoms with Crippen molar-refractivity contribution in [1.82, 2.24) is 25.1 Å². The lowest BCUT2D eigenvalue weighted by molar-refractivity contribution is 0.217. The average Bonchev–Trinajstić information content (AvgIpc) is 3.25. The van der Waals surface area contributed by atoms with Crippen LogP contribution >= 0.6 is 47.2 Å². The van der Waals surface area contributed by atoms with E-state index in [9.17, 15) is 9.59 Å². The smallest absolute Gasteiger partial charge is 0.317 e. The minimum Gasteiger partial charge on any atom is -0.496 e. The van der Waals surface area contributed by atoms with Gasteiger partial charge in [-0.1, -0.05) is 79.2 Å². The van der Waals surface area contributed by atoms with Crippen LogP contribution in [0.25, 0.3) is 22.3 Å². The van der Waals surface area contributed by atoms with E-state index < -0.39 is 5.37 Å². The number of benzene rings is 4. The third-order valence-corrected chi connectivity index (χ3v) is 9.79. The highest BCUT2D eigenvalue weighted by Crippen LogP contribution is 2.37. The first-order valence-corrected chi connectivity index (χ1v) is 19.9. The Hall–Kier alpha value is -5.50. The standard InChI is InChI=1S/C23H23ClFN3O2.C20H18ClFN2O.C3H6ClNO.CH4.ClH/c1-28(2)23(29)27-14-19-9-7-15(13-26-19)11-17-8-10-20(30-3)21(22(17)25)16-5-4-6-18(24)12-16;1-25-18-8-6-15(9-13-5-7-17(11-23)24-12-13)20(22)19(18)14-3-2-4-16(21)10-14;1-5(2)3(4)6;;/h4-10,12-13H,11,14H2,1-3H3,(H,27,29);2-8,10,12H,9,11,23H2,1H3;1-2H3;1H4;1H. The molecule has 2 heterocycles. The molecule has 3 N–H and O–H groups in total. The van der Waals surface area contributed by atoms with Gasteiger partial charge in [-0.3, -0.25) is 14.8 Å². The van der Waals surface area contributed by atoms with Gasteiger partial charge in [0.1, 0.15) is 23.1 Å². The van der Waals surface area contributed by atoms with Gasteiger partial charge in [-0.25, -0.2) is 13.6 Å². The number of ether oxygens (including phenoxy) is 2. The van der Waals surface area contributed by atoms with Crippen LogP contribution in [0.3, 0.4) is 0 Å². The van der Waals surface area contributed by atoms with Gasteiger partial charge < -0.3 is 30.3 Å². The van der Waals surface area contributed by atoms with Gasteiger partial charge in [0.25, 0.3) is 0 Å². The Morgan fingerprint density at radius 1 is 0.683 bits per heavy atom. The summed E-state index contributed by atoms with van der Waals surface area (Å²) in [6.07, 6.45) is 4.23. The van der Waals surface area contributed by atoms with Gasteiger partial charge in [-0.15, -0.1) is 12.4 Å². The molecule has 4 aromatic carbocycles. The predicted molar refractivity (Wildman–Crippen MR) is 254 cm³/mol. The highest BCUT2D eigenvalue weighted by atomic mass is 35.5. The lowest BCUT2D eigenvalue weighted by Gasteiger charge is -2.14. The number of amides is 3. The summed E-state index contributed by atoms with van der Waals surface area (Å²) < 4.78 is 41.3. The van der Waals surface area contributed by atoms with Crippen LogP contribution in [0.1, 0.15) is 41.1 Å². The molecule has 10 nitrogen and oxygen atoms in total. The van der Waals surface area contributed by atoms with Crippen molar-refractivity contribution in [1.29, 1.82) is 0 Å². The molecule has 0 atom stereocenters. The molecule has 0 fully saturated rings. The second-order valence-corrected chi connectivity index (χ2v) is 15.0. The highest BCUT2D eigenvalue weighted by Gasteiger charge is 2.18. The summed E-state index contributed by atoms with van der Waals surface area (Å²) in [5, 5.41) is 3.40. The third-order valence-electron chi connectivity index (χ3n) is 8.98. The lowest BCUT2D eigenvalue weighted by atomic mass is 9.97. The van der Waals surface area contributed by atoms with E-state index in [1.54, 1.807) is 107 Å². The minimum absolute atomic E-state index is 0. The Kier molecular flexibility index (Phi) is 22.3. The average molecular weight is 945 g/mol. The fraction of sp³-hybridized carbons (Fsp3) is 0.234. The van der Waals surface area contributed by atoms with E-state index in [1.165, 1.54) is 24.0 Å². The summed E-state index contributed by atoms with van der Waals surface area (Å²) in [5.74, 6) is 0.257. The molecule has 0 unspecified atom stereocenters. The van der Waals surface area contributed by atoms with Gasteiger partial charge in [-0.2, -0.15) is 0 Å². The van der Waals surface area contributed by atoms with Crippen LogP contribution in [-0.4, -0.2) is 73.6 Å². The molecule has 0 spiro atoms. The van der Waals surface area contributed by atoms with Crippen LogP contribution in [0.15, 0.2) is 109 Å². The second-order valence-electron chi connectivity index (χ2n) is 13.8. The molecule has 336 valence electrons. The summed E-state index contributed by atoms with van der Waals surface area (Å²) >= 11 is 17.0. The number of nitrogens with two attached hydrogens (primary N) is 1. The Bertz CT molecular complexity index is 2410. The molecule has 0 aliphatic rings. The van der Waals surface area contributed by atoms with Gasteiger partial charge in [0, 0.05) is 70.0 Å². The van der Waals surface area contributed by atoms with Crippen molar-refractivity contribution in [2.24, 2.45) is 5.73 Å². The van der Waals surface area contributed by atoms with E-state index in [4.69, 9.17) is 50.0 Å². The van der Waals surface area contributed by atoms with Gasteiger partial charge in [0.2, 0.25) is 0 Å². The molecule has 6 rings (SSSR count). The van der Waals surface area contributed by atoms with Gasteiger partial charge >= 0.3 is 11.4 Å². The van der Waals surface area contributed by atoms with E-state index in [1.807, 2.05) is 30.3 Å². The van der Waals surface area contributed by atoms with E-state index in [0.717, 1.165) is 22.5 Å². The van der Waals surface area contributed by atoms with Crippen LogP contribution in [-0.2, 0) is 25.9 Å². The van der Waals surface area contributed by atoms with Crippen molar-refractivity contribution >= 4 is 58.6 Å². The fourth-order valence-electron chi connectivity index (χ4n) is 5.75. The number of hydrogen-bond donors (Lipinski definition) is 2. The monoisotopic (exact) mass is 942 g/mol. The van der Waals surface area contributed by atoms with E-state index in [-0.39, 0.29) is 37.5 Å². The molecule has 3 amide bonds. The molecule has 16 heteroatoms. The quantitative estimate of drug-likeness (QED) is 0.0979. The number of nitrogens with zero attached hydrogens (tertiary/aromatic N) is 4. The van der Waals surface area contributed by atoms with Crippen LogP contribution in [0.4, 0.5) is 18.4 Å². The Labute approximate surface area is 389 Å². The third kappa shape index (κ3) is 15.7. The number of rotatable bonds is 11. The van der Waals surface area contributed by atoms with Crippen molar-refractivity contribution in [2.45, 2.75) is 33.4 Å². The van der Waals surface area contributed by atoms with Gasteiger partial charge in [-0.05, 0) is 93.5 Å². The first-order chi connectivity index (χ1) is 29.1. The zero-order chi connectivity index (χ0) is 44.6. The maximum Gasteiger partial charge on any atom is 0.317 e. The van der Waals surface area contributed by atoms with Crippen molar-refractivity contribution in [3.8, 4) is 33.8 Å². The molecule has 0 aliphatic heterocycles. The zero-order valence-electron chi connectivity index (χ0n) is 35.0. The van der Waals surface area contributed by atoms with Gasteiger partial charge in [0.05, 0.1) is 43.3 Å². The topological polar surface area (TPSA) is 123 Å². The molecule has 63 heavy (non-hydrogen) atoms. The number of carbonyl (C=O) groups is 2. The predicted octanol–water partition coefficient (Wildman–Crippen LogP) is 11.5. The van der Waals surface area contributed by atoms with Crippen LogP contribution in [0.5, 0.6) is 11.5 Å². The number of pyridine rings is 2. The highest BCUT2D eigenvalue weighted by molar-refractivity contribution is 6.62. The summed E-state index contributed by atoms with van der Waals surface area (Å²) in [5.41, 5.74) is 12.1. The van der Waals surface area contributed by atoms with E-state index in [2.05, 4.69) is 15.3 Å². The van der Waals surface area contributed by atoms with Crippen LogP contribution in [0.2, 0.25) is 10.0 Å². The molecular formula is C47H52Cl4F2N6O4. The summed E-state index contributed by atoms with van der Waals surface area (Å²) in [6.45, 7) is 0.712. The Morgan fingerprint density at radius 2 is 1.11 bits per heavy atom. The number of aromatic nitrogens is 2. The number of carbonyl (C=O) groups excluding carboxylic acids is 2. The number of urea groups is 1. The molecule has 0 bridgehead atoms. The lowest BCUT2D eigenvalue weighted by Crippen LogP contribution is -2.34. The van der Waals surface area contributed by atoms with Crippen molar-refractivity contribution in [2.75, 3.05) is 42.4 Å². The maximum atomic E-state index is 15.4. The molecule has 0 saturated heterocycles. The summed E-state index contributed by atoms with van der Waals surface area (Å²) in [6, 6.07) is 28.4. The second kappa shape index (κ2) is 26.2. The Balaban J connectivity index is 0.000000377. The molecule has 0 aliphatic carbocycles. The van der Waals surface area contributed by atoms with Crippen molar-refractivity contribution < 1.29 is 27.8 Å². The van der Waals surface area contributed by atoms with Gasteiger partial charge in [0.15, 0.2) is 0 Å². The molecule has 0 saturated carbocycles. The Morgan fingerprint density at radius 3 is 1.44 bits per heavy atom. The SMILES string of the molecule is C.CN(C)C(=O)Cl.COc1ccc(Cc2ccc(CN)nc2)c(F)c1-c1cccc(Cl)c1.COc1ccc(Cc2ccc(CNC(=O)N(C)C)nc2)c(F)c1-c1cccc(Cl)c1.Cl. The normalized spacial score (nSPS) is 10.0. The number of methoxy groups -OCH3 is 2. The largest absolute Gasteiger partial charge is 0.496 e. The first kappa shape index (κ1) is 53.6. The molecule has 6 aromatic rings. The zero-order valence-corrected chi connectivity index (χ0v) is 38.1. The van der Waals surface area contributed by atoms with E-state index >= 15 is 8.78 Å². The maximum absolute atomic E-state index is 15.4. The van der Waals surface area contributed by atoms with Crippen LogP contribution in [0, 0.1) is 11.6 Å². The molecule has 2 aromatic heterocycles. The molecular weight excluding hydrogens is 892 g/mol. The fourth-order valence-corrected chi connectivity index (χ4v) is 6.13. The number of nitrogens with one attached hydrogen (secondary N) is 1. The van der Waals surface area contributed by atoms with Crippen LogP contribution < -0.4 is 20.5 Å². The summed E-state index contributed by atoms with van der Waals surface area (Å²) in [7, 11) is 9.57. The van der Waals surface area contributed by atoms with E-state index in [0.29, 0.717) is 80.9 Å². The van der Waals surface area contributed by atoms with Crippen molar-refractivity contribution in [3.63, 3.8) is 0 Å². The summed E-state index contributed by atoms with van der Waals surface area (Å²) in [4.78, 5) is 32.8. The minimum atomic E-state index is -0.435.